The highest BCUT2D eigenvalue weighted by Crippen LogP contribution is 2.20. The third kappa shape index (κ3) is 3.50. The second-order valence-electron chi connectivity index (χ2n) is 5.95. The monoisotopic (exact) mass is 281 g/mol. The second kappa shape index (κ2) is 5.71. The molecule has 3 heterocycles. The van der Waals surface area contributed by atoms with Crippen LogP contribution in [0.3, 0.4) is 0 Å². The Hall–Kier alpha value is -1.11. The molecule has 1 atom stereocenters. The number of nitrogens with one attached hydrogen (secondary N) is 1. The van der Waals surface area contributed by atoms with Gasteiger partial charge in [0.25, 0.3) is 0 Å². The predicted octanol–water partition coefficient (Wildman–Crippen LogP) is 1.63. The average molecular weight is 281 g/mol. The second-order valence-corrected chi connectivity index (χ2v) is 5.95. The van der Waals surface area contributed by atoms with Crippen LogP contribution < -0.4 is 5.32 Å². The standard InChI is InChI=1S/C14H23N3O3/c1-14(2)19-9-12(10-20-14)16-11-6-15-17(7-11)8-13-4-3-5-18-13/h6-7,12-13,16H,3-5,8-10H2,1-2H3. The summed E-state index contributed by atoms with van der Waals surface area (Å²) in [5.74, 6) is -0.470. The lowest BCUT2D eigenvalue weighted by atomic mass is 10.2. The molecule has 0 radical (unpaired) electrons. The van der Waals surface area contributed by atoms with Gasteiger partial charge in [0, 0.05) is 12.8 Å². The van der Waals surface area contributed by atoms with Gasteiger partial charge in [0.2, 0.25) is 0 Å². The first-order chi connectivity index (χ1) is 9.61. The Bertz CT molecular complexity index is 431. The summed E-state index contributed by atoms with van der Waals surface area (Å²) < 4.78 is 18.8. The summed E-state index contributed by atoms with van der Waals surface area (Å²) in [7, 11) is 0. The highest BCUT2D eigenvalue weighted by atomic mass is 16.7. The minimum absolute atomic E-state index is 0.170. The molecule has 0 amide bonds. The van der Waals surface area contributed by atoms with Gasteiger partial charge in [0.1, 0.15) is 0 Å². The van der Waals surface area contributed by atoms with Gasteiger partial charge in [-0.15, -0.1) is 0 Å². The van der Waals surface area contributed by atoms with Crippen LogP contribution in [0.5, 0.6) is 0 Å². The quantitative estimate of drug-likeness (QED) is 0.909. The first kappa shape index (κ1) is 13.9. The Labute approximate surface area is 119 Å². The molecule has 2 saturated heterocycles. The molecule has 2 fully saturated rings. The smallest absolute Gasteiger partial charge is 0.162 e. The predicted molar refractivity (Wildman–Crippen MR) is 74.6 cm³/mol. The molecule has 0 saturated carbocycles. The Morgan fingerprint density at radius 3 is 2.90 bits per heavy atom. The summed E-state index contributed by atoms with van der Waals surface area (Å²) in [6, 6.07) is 0.170. The van der Waals surface area contributed by atoms with Crippen LogP contribution in [-0.4, -0.2) is 47.5 Å². The van der Waals surface area contributed by atoms with E-state index in [4.69, 9.17) is 14.2 Å². The molecule has 20 heavy (non-hydrogen) atoms. The van der Waals surface area contributed by atoms with Crippen molar-refractivity contribution in [3.8, 4) is 0 Å². The van der Waals surface area contributed by atoms with E-state index in [1.165, 1.54) is 0 Å². The molecule has 2 aliphatic heterocycles. The molecule has 0 spiro atoms. The minimum Gasteiger partial charge on any atom is -0.376 e. The molecule has 1 aromatic heterocycles. The third-order valence-corrected chi connectivity index (χ3v) is 3.68. The molecule has 2 aliphatic rings. The zero-order valence-corrected chi connectivity index (χ0v) is 12.2. The Morgan fingerprint density at radius 2 is 2.20 bits per heavy atom. The first-order valence-corrected chi connectivity index (χ1v) is 7.29. The van der Waals surface area contributed by atoms with Crippen LogP contribution in [0.4, 0.5) is 5.69 Å². The van der Waals surface area contributed by atoms with Crippen molar-refractivity contribution >= 4 is 5.69 Å². The van der Waals surface area contributed by atoms with Gasteiger partial charge >= 0.3 is 0 Å². The van der Waals surface area contributed by atoms with E-state index in [1.54, 1.807) is 0 Å². The van der Waals surface area contributed by atoms with Crippen molar-refractivity contribution in [2.45, 2.75) is 51.2 Å². The summed E-state index contributed by atoms with van der Waals surface area (Å²) in [5, 5.41) is 7.76. The Morgan fingerprint density at radius 1 is 1.40 bits per heavy atom. The zero-order valence-electron chi connectivity index (χ0n) is 12.2. The van der Waals surface area contributed by atoms with Gasteiger partial charge in [-0.25, -0.2) is 0 Å². The molecule has 1 unspecified atom stereocenters. The van der Waals surface area contributed by atoms with E-state index in [9.17, 15) is 0 Å². The van der Waals surface area contributed by atoms with E-state index < -0.39 is 5.79 Å². The van der Waals surface area contributed by atoms with Crippen molar-refractivity contribution in [2.24, 2.45) is 0 Å². The van der Waals surface area contributed by atoms with Crippen LogP contribution in [0, 0.1) is 0 Å². The number of anilines is 1. The molecule has 3 rings (SSSR count). The van der Waals surface area contributed by atoms with Gasteiger partial charge in [-0.3, -0.25) is 4.68 Å². The maximum absolute atomic E-state index is 5.63. The van der Waals surface area contributed by atoms with Crippen molar-refractivity contribution in [3.05, 3.63) is 12.4 Å². The van der Waals surface area contributed by atoms with Crippen LogP contribution in [0.25, 0.3) is 0 Å². The third-order valence-electron chi connectivity index (χ3n) is 3.68. The molecule has 1 N–H and O–H groups in total. The molecule has 6 heteroatoms. The van der Waals surface area contributed by atoms with Gasteiger partial charge in [-0.2, -0.15) is 5.10 Å². The van der Waals surface area contributed by atoms with Gasteiger partial charge in [-0.05, 0) is 26.7 Å². The number of nitrogens with zero attached hydrogens (tertiary/aromatic N) is 2. The number of rotatable bonds is 4. The normalized spacial score (nSPS) is 26.8. The summed E-state index contributed by atoms with van der Waals surface area (Å²) in [5.41, 5.74) is 1.000. The lowest BCUT2D eigenvalue weighted by Gasteiger charge is -2.35. The minimum atomic E-state index is -0.470. The summed E-state index contributed by atoms with van der Waals surface area (Å²) in [4.78, 5) is 0. The van der Waals surface area contributed by atoms with Crippen LogP contribution >= 0.6 is 0 Å². The van der Waals surface area contributed by atoms with Gasteiger partial charge in [0.15, 0.2) is 5.79 Å². The fourth-order valence-electron chi connectivity index (χ4n) is 2.55. The van der Waals surface area contributed by atoms with E-state index in [1.807, 2.05) is 30.9 Å². The lowest BCUT2D eigenvalue weighted by Crippen LogP contribution is -2.45. The number of aromatic nitrogens is 2. The van der Waals surface area contributed by atoms with E-state index in [0.717, 1.165) is 31.7 Å². The maximum atomic E-state index is 5.63. The van der Waals surface area contributed by atoms with E-state index in [2.05, 4.69) is 10.4 Å². The molecule has 1 aromatic rings. The van der Waals surface area contributed by atoms with E-state index in [0.29, 0.717) is 19.3 Å². The summed E-state index contributed by atoms with van der Waals surface area (Å²) in [6.45, 7) is 6.86. The van der Waals surface area contributed by atoms with Gasteiger partial charge < -0.3 is 19.5 Å². The van der Waals surface area contributed by atoms with Crippen molar-refractivity contribution in [1.29, 1.82) is 0 Å². The van der Waals surface area contributed by atoms with Crippen LogP contribution in [0.15, 0.2) is 12.4 Å². The Kier molecular flexibility index (Phi) is 3.96. The number of ether oxygens (including phenoxy) is 3. The summed E-state index contributed by atoms with van der Waals surface area (Å²) in [6.07, 6.45) is 6.45. The molecule has 6 nitrogen and oxygen atoms in total. The number of hydrogen-bond donors (Lipinski definition) is 1. The SMILES string of the molecule is CC1(C)OCC(Nc2cnn(CC3CCCO3)c2)CO1. The topological polar surface area (TPSA) is 57.5 Å². The van der Waals surface area contributed by atoms with Crippen LogP contribution in [0.1, 0.15) is 26.7 Å². The fourth-order valence-corrected chi connectivity index (χ4v) is 2.55. The number of hydrogen-bond acceptors (Lipinski definition) is 5. The van der Waals surface area contributed by atoms with Crippen molar-refractivity contribution < 1.29 is 14.2 Å². The zero-order chi connectivity index (χ0) is 14.0. The highest BCUT2D eigenvalue weighted by Gasteiger charge is 2.28. The van der Waals surface area contributed by atoms with Gasteiger partial charge in [0.05, 0.1) is 43.8 Å². The van der Waals surface area contributed by atoms with Crippen LogP contribution in [-0.2, 0) is 20.8 Å². The van der Waals surface area contributed by atoms with Crippen LogP contribution in [0.2, 0.25) is 0 Å². The summed E-state index contributed by atoms with van der Waals surface area (Å²) >= 11 is 0. The first-order valence-electron chi connectivity index (χ1n) is 7.29. The highest BCUT2D eigenvalue weighted by molar-refractivity contribution is 5.39. The average Bonchev–Trinajstić information content (AvgIpc) is 3.05. The lowest BCUT2D eigenvalue weighted by molar-refractivity contribution is -0.247. The van der Waals surface area contributed by atoms with E-state index >= 15 is 0 Å². The molecule has 0 aliphatic carbocycles. The largest absolute Gasteiger partial charge is 0.376 e. The van der Waals surface area contributed by atoms with Gasteiger partial charge in [-0.1, -0.05) is 0 Å². The molecule has 0 aromatic carbocycles. The molecule has 112 valence electrons. The Balaban J connectivity index is 1.49. The van der Waals surface area contributed by atoms with Crippen molar-refractivity contribution in [2.75, 3.05) is 25.1 Å². The molecular formula is C14H23N3O3. The fraction of sp³-hybridized carbons (Fsp3) is 0.786. The van der Waals surface area contributed by atoms with E-state index in [-0.39, 0.29) is 6.04 Å². The maximum Gasteiger partial charge on any atom is 0.162 e. The molecular weight excluding hydrogens is 258 g/mol. The van der Waals surface area contributed by atoms with Crippen molar-refractivity contribution in [1.82, 2.24) is 9.78 Å². The molecule has 0 bridgehead atoms. The van der Waals surface area contributed by atoms with Crippen molar-refractivity contribution in [3.63, 3.8) is 0 Å².